The molecule has 0 aliphatic heterocycles. The molecule has 0 aliphatic rings. The number of nitrogens with one attached hydrogen (secondary N) is 1. The fourth-order valence-corrected chi connectivity index (χ4v) is 3.09. The molecule has 8 heteroatoms. The number of primary amides is 1. The first-order valence-electron chi connectivity index (χ1n) is 5.05. The molecule has 18 heavy (non-hydrogen) atoms. The minimum absolute atomic E-state index is 0.153. The molecule has 0 aromatic carbocycles. The normalized spacial score (nSPS) is 12.1. The van der Waals surface area contributed by atoms with E-state index >= 15 is 0 Å². The van der Waals surface area contributed by atoms with Gasteiger partial charge >= 0.3 is 0 Å². The fraction of sp³-hybridized carbons (Fsp3) is 0.400. The number of aliphatic hydroxyl groups is 1. The van der Waals surface area contributed by atoms with E-state index in [4.69, 9.17) is 22.4 Å². The Morgan fingerprint density at radius 1 is 1.56 bits per heavy atom. The first-order chi connectivity index (χ1) is 8.49. The average Bonchev–Trinajstić information content (AvgIpc) is 2.71. The van der Waals surface area contributed by atoms with Crippen molar-refractivity contribution in [2.45, 2.75) is 11.9 Å². The van der Waals surface area contributed by atoms with Gasteiger partial charge in [-0.05, 0) is 12.1 Å². The summed E-state index contributed by atoms with van der Waals surface area (Å²) >= 11 is 8.68. The van der Waals surface area contributed by atoms with E-state index in [9.17, 15) is 9.59 Å². The second-order valence-corrected chi connectivity index (χ2v) is 6.21. The number of carbonyl (C=O) groups is 2. The number of rotatable bonds is 7. The van der Waals surface area contributed by atoms with Gasteiger partial charge in [-0.2, -0.15) is 0 Å². The van der Waals surface area contributed by atoms with Crippen molar-refractivity contribution in [3.8, 4) is 0 Å². The molecule has 100 valence electrons. The van der Waals surface area contributed by atoms with Crippen LogP contribution in [0.15, 0.2) is 12.1 Å². The number of carbonyl (C=O) groups excluding carboxylic acids is 2. The summed E-state index contributed by atoms with van der Waals surface area (Å²) in [5, 5.41) is 11.5. The van der Waals surface area contributed by atoms with E-state index in [1.54, 1.807) is 0 Å². The van der Waals surface area contributed by atoms with Gasteiger partial charge in [0.05, 0.1) is 16.6 Å². The Morgan fingerprint density at radius 3 is 2.83 bits per heavy atom. The van der Waals surface area contributed by atoms with Crippen LogP contribution in [0.3, 0.4) is 0 Å². The van der Waals surface area contributed by atoms with E-state index < -0.39 is 12.0 Å². The molecule has 0 saturated heterocycles. The Labute approximate surface area is 118 Å². The standard InChI is InChI=1S/C10H13ClN2O3S2/c11-8-2-1-6(18-8)4-17-5-9(15)13-3-7(14)10(12)16/h1-2,7,14H,3-5H2,(H2,12,16)(H,13,15). The first kappa shape index (κ1) is 15.3. The van der Waals surface area contributed by atoms with Crippen LogP contribution in [-0.4, -0.2) is 35.3 Å². The lowest BCUT2D eigenvalue weighted by atomic mass is 10.3. The third kappa shape index (κ3) is 5.72. The monoisotopic (exact) mass is 308 g/mol. The molecule has 1 atom stereocenters. The minimum atomic E-state index is -1.34. The quantitative estimate of drug-likeness (QED) is 0.687. The lowest BCUT2D eigenvalue weighted by Crippen LogP contribution is -2.40. The molecular formula is C10H13ClN2O3S2. The molecule has 0 bridgehead atoms. The summed E-state index contributed by atoms with van der Waals surface area (Å²) in [5.41, 5.74) is 4.84. The molecule has 0 radical (unpaired) electrons. The van der Waals surface area contributed by atoms with Crippen LogP contribution in [-0.2, 0) is 15.3 Å². The number of hydrogen-bond acceptors (Lipinski definition) is 5. The van der Waals surface area contributed by atoms with Crippen molar-refractivity contribution < 1.29 is 14.7 Å². The van der Waals surface area contributed by atoms with Crippen LogP contribution >= 0.6 is 34.7 Å². The molecule has 0 aliphatic carbocycles. The van der Waals surface area contributed by atoms with Gasteiger partial charge in [0.15, 0.2) is 0 Å². The van der Waals surface area contributed by atoms with Gasteiger partial charge in [0.1, 0.15) is 6.10 Å². The lowest BCUT2D eigenvalue weighted by Gasteiger charge is -2.07. The molecule has 1 rings (SSSR count). The van der Waals surface area contributed by atoms with Crippen LogP contribution in [0, 0.1) is 0 Å². The number of amides is 2. The summed E-state index contributed by atoms with van der Waals surface area (Å²) in [4.78, 5) is 23.0. The zero-order valence-electron chi connectivity index (χ0n) is 9.39. The van der Waals surface area contributed by atoms with Crippen molar-refractivity contribution in [1.82, 2.24) is 5.32 Å². The number of hydrogen-bond donors (Lipinski definition) is 3. The van der Waals surface area contributed by atoms with Gasteiger partial charge in [-0.25, -0.2) is 0 Å². The molecule has 5 nitrogen and oxygen atoms in total. The van der Waals surface area contributed by atoms with Crippen molar-refractivity contribution in [3.05, 3.63) is 21.3 Å². The molecule has 1 aromatic heterocycles. The van der Waals surface area contributed by atoms with Crippen LogP contribution in [0.2, 0.25) is 4.34 Å². The maximum atomic E-state index is 11.3. The van der Waals surface area contributed by atoms with Crippen LogP contribution < -0.4 is 11.1 Å². The fourth-order valence-electron chi connectivity index (χ4n) is 1.04. The Morgan fingerprint density at radius 2 is 2.28 bits per heavy atom. The predicted molar refractivity (Wildman–Crippen MR) is 73.7 cm³/mol. The SMILES string of the molecule is NC(=O)C(O)CNC(=O)CSCc1ccc(Cl)s1. The number of nitrogens with two attached hydrogens (primary N) is 1. The molecule has 4 N–H and O–H groups in total. The molecule has 2 amide bonds. The van der Waals surface area contributed by atoms with E-state index in [1.165, 1.54) is 23.1 Å². The largest absolute Gasteiger partial charge is 0.381 e. The topological polar surface area (TPSA) is 92.4 Å². The van der Waals surface area contributed by atoms with Crippen molar-refractivity contribution in [3.63, 3.8) is 0 Å². The number of aliphatic hydroxyl groups excluding tert-OH is 1. The van der Waals surface area contributed by atoms with Gasteiger partial charge in [0.25, 0.3) is 0 Å². The number of thiophene rings is 1. The molecule has 1 aromatic rings. The van der Waals surface area contributed by atoms with Crippen LogP contribution in [0.4, 0.5) is 0 Å². The summed E-state index contributed by atoms with van der Waals surface area (Å²) in [6, 6.07) is 3.72. The molecule has 0 fully saturated rings. The third-order valence-corrected chi connectivity index (χ3v) is 4.32. The summed E-state index contributed by atoms with van der Waals surface area (Å²) in [6.45, 7) is -0.153. The third-order valence-electron chi connectivity index (χ3n) is 1.93. The van der Waals surface area contributed by atoms with Gasteiger partial charge in [-0.1, -0.05) is 11.6 Å². The zero-order valence-corrected chi connectivity index (χ0v) is 11.8. The second-order valence-electron chi connectivity index (χ2n) is 3.42. The smallest absolute Gasteiger partial charge is 0.248 e. The van der Waals surface area contributed by atoms with E-state index in [0.717, 1.165) is 9.21 Å². The predicted octanol–water partition coefficient (Wildman–Crippen LogP) is 0.597. The molecule has 0 saturated carbocycles. The highest BCUT2D eigenvalue weighted by atomic mass is 35.5. The van der Waals surface area contributed by atoms with Gasteiger partial charge in [-0.3, -0.25) is 9.59 Å². The zero-order chi connectivity index (χ0) is 13.5. The number of thioether (sulfide) groups is 1. The summed E-state index contributed by atoms with van der Waals surface area (Å²) in [7, 11) is 0. The Kier molecular flexibility index (Phi) is 6.48. The average molecular weight is 309 g/mol. The highest BCUT2D eigenvalue weighted by molar-refractivity contribution is 7.99. The maximum Gasteiger partial charge on any atom is 0.248 e. The first-order valence-corrected chi connectivity index (χ1v) is 7.40. The van der Waals surface area contributed by atoms with E-state index in [-0.39, 0.29) is 18.2 Å². The summed E-state index contributed by atoms with van der Waals surface area (Å²) in [5.74, 6) is -0.149. The second kappa shape index (κ2) is 7.63. The van der Waals surface area contributed by atoms with Gasteiger partial charge in [0, 0.05) is 10.6 Å². The van der Waals surface area contributed by atoms with Crippen molar-refractivity contribution in [2.75, 3.05) is 12.3 Å². The lowest BCUT2D eigenvalue weighted by molar-refractivity contribution is -0.126. The van der Waals surface area contributed by atoms with Gasteiger partial charge in [-0.15, -0.1) is 23.1 Å². The van der Waals surface area contributed by atoms with Crippen LogP contribution in [0.25, 0.3) is 0 Å². The van der Waals surface area contributed by atoms with Gasteiger partial charge in [0.2, 0.25) is 11.8 Å². The molecule has 1 unspecified atom stereocenters. The van der Waals surface area contributed by atoms with Crippen LogP contribution in [0.1, 0.15) is 4.88 Å². The Balaban J connectivity index is 2.15. The van der Waals surface area contributed by atoms with Crippen molar-refractivity contribution in [2.24, 2.45) is 5.73 Å². The molecular weight excluding hydrogens is 296 g/mol. The maximum absolute atomic E-state index is 11.3. The van der Waals surface area contributed by atoms with E-state index in [2.05, 4.69) is 5.32 Å². The summed E-state index contributed by atoms with van der Waals surface area (Å²) in [6.07, 6.45) is -1.34. The van der Waals surface area contributed by atoms with E-state index in [0.29, 0.717) is 5.75 Å². The molecule has 0 spiro atoms. The van der Waals surface area contributed by atoms with Crippen molar-refractivity contribution in [1.29, 1.82) is 0 Å². The minimum Gasteiger partial charge on any atom is -0.381 e. The number of halogens is 1. The Bertz CT molecular complexity index is 425. The highest BCUT2D eigenvalue weighted by Crippen LogP contribution is 2.24. The van der Waals surface area contributed by atoms with Crippen molar-refractivity contribution >= 4 is 46.5 Å². The van der Waals surface area contributed by atoms with Gasteiger partial charge < -0.3 is 16.2 Å². The Hall–Kier alpha value is -0.760. The highest BCUT2D eigenvalue weighted by Gasteiger charge is 2.12. The van der Waals surface area contributed by atoms with Crippen LogP contribution in [0.5, 0.6) is 0 Å². The summed E-state index contributed by atoms with van der Waals surface area (Å²) < 4.78 is 0.722. The van der Waals surface area contributed by atoms with E-state index in [1.807, 2.05) is 12.1 Å². The molecule has 1 heterocycles.